The molecule has 2 saturated carbocycles. The van der Waals surface area contributed by atoms with Crippen LogP contribution in [0.5, 0.6) is 0 Å². The van der Waals surface area contributed by atoms with Crippen LogP contribution in [0.3, 0.4) is 0 Å². The first kappa shape index (κ1) is 12.5. The minimum atomic E-state index is -0.0241. The number of nitrogens with one attached hydrogen (secondary N) is 1. The summed E-state index contributed by atoms with van der Waals surface area (Å²) in [5, 5.41) is 3.07. The van der Waals surface area contributed by atoms with Crippen molar-refractivity contribution >= 4 is 11.6 Å². The van der Waals surface area contributed by atoms with E-state index in [-0.39, 0.29) is 5.91 Å². The zero-order valence-electron chi connectivity index (χ0n) is 11.5. The molecule has 3 nitrogen and oxygen atoms in total. The van der Waals surface area contributed by atoms with Gasteiger partial charge in [-0.1, -0.05) is 18.1 Å². The smallest absolute Gasteiger partial charge is 0.253 e. The largest absolute Gasteiger partial charge is 0.398 e. The van der Waals surface area contributed by atoms with E-state index >= 15 is 0 Å². The predicted molar refractivity (Wildman–Crippen MR) is 76.9 cm³/mol. The average molecular weight is 258 g/mol. The number of anilines is 1. The molecular formula is C16H22N2O. The number of aryl methyl sites for hydroxylation is 1. The number of nitrogens with two attached hydrogens (primary N) is 1. The summed E-state index contributed by atoms with van der Waals surface area (Å²) in [6, 6.07) is 5.61. The van der Waals surface area contributed by atoms with E-state index in [2.05, 4.69) is 5.32 Å². The van der Waals surface area contributed by atoms with E-state index in [0.717, 1.165) is 23.9 Å². The average Bonchev–Trinajstić information content (AvgIpc) is 3.01. The molecule has 1 aromatic carbocycles. The number of carbonyl (C=O) groups excluding carboxylic acids is 1. The van der Waals surface area contributed by atoms with Crippen LogP contribution in [0.2, 0.25) is 0 Å². The Labute approximate surface area is 114 Å². The molecule has 3 unspecified atom stereocenters. The van der Waals surface area contributed by atoms with Crippen molar-refractivity contribution < 1.29 is 4.79 Å². The van der Waals surface area contributed by atoms with Crippen molar-refractivity contribution in [3.63, 3.8) is 0 Å². The maximum Gasteiger partial charge on any atom is 0.253 e. The van der Waals surface area contributed by atoms with Crippen LogP contribution in [-0.2, 0) is 0 Å². The number of amides is 1. The van der Waals surface area contributed by atoms with Gasteiger partial charge in [-0.2, -0.15) is 0 Å². The molecule has 0 saturated heterocycles. The molecule has 3 atom stereocenters. The monoisotopic (exact) mass is 258 g/mol. The summed E-state index contributed by atoms with van der Waals surface area (Å²) in [5.74, 6) is 2.44. The molecule has 19 heavy (non-hydrogen) atoms. The molecule has 0 radical (unpaired) electrons. The van der Waals surface area contributed by atoms with E-state index < -0.39 is 0 Å². The topological polar surface area (TPSA) is 55.1 Å². The van der Waals surface area contributed by atoms with Gasteiger partial charge in [0.05, 0.1) is 5.56 Å². The fourth-order valence-corrected chi connectivity index (χ4v) is 3.81. The molecule has 2 fully saturated rings. The van der Waals surface area contributed by atoms with Gasteiger partial charge < -0.3 is 11.1 Å². The van der Waals surface area contributed by atoms with Crippen LogP contribution >= 0.6 is 0 Å². The molecule has 0 aromatic heterocycles. The number of fused-ring (bicyclic) bond motifs is 2. The van der Waals surface area contributed by atoms with Crippen molar-refractivity contribution in [1.82, 2.24) is 5.32 Å². The second-order valence-electron chi connectivity index (χ2n) is 6.24. The van der Waals surface area contributed by atoms with Crippen molar-refractivity contribution in [1.29, 1.82) is 0 Å². The summed E-state index contributed by atoms with van der Waals surface area (Å²) in [4.78, 5) is 12.2. The van der Waals surface area contributed by atoms with Crippen molar-refractivity contribution in [2.75, 3.05) is 12.3 Å². The fraction of sp³-hybridized carbons (Fsp3) is 0.562. The quantitative estimate of drug-likeness (QED) is 0.819. The number of carbonyl (C=O) groups is 1. The SMILES string of the molecule is Cc1ccc(N)c(C(=O)NCC2CC3CCC2C3)c1. The maximum atomic E-state index is 12.2. The lowest BCUT2D eigenvalue weighted by molar-refractivity contribution is 0.0942. The van der Waals surface area contributed by atoms with Crippen molar-refractivity contribution in [3.8, 4) is 0 Å². The van der Waals surface area contributed by atoms with E-state index in [0.29, 0.717) is 17.2 Å². The Morgan fingerprint density at radius 2 is 2.21 bits per heavy atom. The summed E-state index contributed by atoms with van der Waals surface area (Å²) >= 11 is 0. The number of nitrogen functional groups attached to an aromatic ring is 1. The summed E-state index contributed by atoms with van der Waals surface area (Å²) in [7, 11) is 0. The molecule has 3 rings (SSSR count). The Morgan fingerprint density at radius 3 is 2.89 bits per heavy atom. The van der Waals surface area contributed by atoms with Gasteiger partial charge in [0.25, 0.3) is 5.91 Å². The zero-order chi connectivity index (χ0) is 13.4. The highest BCUT2D eigenvalue weighted by Gasteiger charge is 2.39. The lowest BCUT2D eigenvalue weighted by atomic mass is 9.89. The number of rotatable bonds is 3. The highest BCUT2D eigenvalue weighted by Crippen LogP contribution is 2.47. The minimum Gasteiger partial charge on any atom is -0.398 e. The van der Waals surface area contributed by atoms with Crippen LogP contribution in [0, 0.1) is 24.7 Å². The van der Waals surface area contributed by atoms with Crippen LogP contribution < -0.4 is 11.1 Å². The highest BCUT2D eigenvalue weighted by atomic mass is 16.1. The van der Waals surface area contributed by atoms with E-state index in [4.69, 9.17) is 5.73 Å². The summed E-state index contributed by atoms with van der Waals surface area (Å²) in [6.45, 7) is 2.79. The molecule has 2 bridgehead atoms. The summed E-state index contributed by atoms with van der Waals surface area (Å²) in [6.07, 6.45) is 5.44. The molecule has 2 aliphatic carbocycles. The first-order valence-electron chi connectivity index (χ1n) is 7.28. The molecular weight excluding hydrogens is 236 g/mol. The van der Waals surface area contributed by atoms with Gasteiger partial charge >= 0.3 is 0 Å². The molecule has 102 valence electrons. The number of hydrogen-bond acceptors (Lipinski definition) is 2. The molecule has 0 spiro atoms. The third-order valence-corrected chi connectivity index (χ3v) is 4.86. The second-order valence-corrected chi connectivity index (χ2v) is 6.24. The third-order valence-electron chi connectivity index (χ3n) is 4.86. The van der Waals surface area contributed by atoms with Gasteiger partial charge in [0.2, 0.25) is 0 Å². The second kappa shape index (κ2) is 4.87. The lowest BCUT2D eigenvalue weighted by Gasteiger charge is -2.22. The molecule has 3 heteroatoms. The van der Waals surface area contributed by atoms with Crippen LogP contribution in [-0.4, -0.2) is 12.5 Å². The first-order chi connectivity index (χ1) is 9.13. The van der Waals surface area contributed by atoms with Gasteiger partial charge in [-0.15, -0.1) is 0 Å². The fourth-order valence-electron chi connectivity index (χ4n) is 3.81. The Hall–Kier alpha value is -1.51. The van der Waals surface area contributed by atoms with Crippen LogP contribution in [0.15, 0.2) is 18.2 Å². The Balaban J connectivity index is 1.61. The standard InChI is InChI=1S/C16H22N2O/c1-10-2-5-15(17)14(6-10)16(19)18-9-13-8-11-3-4-12(13)7-11/h2,5-6,11-13H,3-4,7-9,17H2,1H3,(H,18,19). The van der Waals surface area contributed by atoms with E-state index in [9.17, 15) is 4.79 Å². The first-order valence-corrected chi connectivity index (χ1v) is 7.28. The van der Waals surface area contributed by atoms with Gasteiger partial charge in [0, 0.05) is 12.2 Å². The third kappa shape index (κ3) is 2.46. The molecule has 1 amide bonds. The number of benzene rings is 1. The Kier molecular flexibility index (Phi) is 3.21. The summed E-state index contributed by atoms with van der Waals surface area (Å²) in [5.41, 5.74) is 8.12. The van der Waals surface area contributed by atoms with Crippen molar-refractivity contribution in [2.24, 2.45) is 17.8 Å². The van der Waals surface area contributed by atoms with Crippen LogP contribution in [0.4, 0.5) is 5.69 Å². The van der Waals surface area contributed by atoms with E-state index in [1.54, 1.807) is 0 Å². The maximum absolute atomic E-state index is 12.2. The van der Waals surface area contributed by atoms with Crippen LogP contribution in [0.1, 0.15) is 41.6 Å². The van der Waals surface area contributed by atoms with E-state index in [1.807, 2.05) is 25.1 Å². The van der Waals surface area contributed by atoms with Crippen molar-refractivity contribution in [2.45, 2.75) is 32.6 Å². The van der Waals surface area contributed by atoms with Gasteiger partial charge in [-0.05, 0) is 56.1 Å². The molecule has 1 aromatic rings. The zero-order valence-corrected chi connectivity index (χ0v) is 11.5. The molecule has 0 heterocycles. The molecule has 2 aliphatic rings. The lowest BCUT2D eigenvalue weighted by Crippen LogP contribution is -2.32. The van der Waals surface area contributed by atoms with Crippen molar-refractivity contribution in [3.05, 3.63) is 29.3 Å². The molecule has 0 aliphatic heterocycles. The van der Waals surface area contributed by atoms with E-state index in [1.165, 1.54) is 25.7 Å². The summed E-state index contributed by atoms with van der Waals surface area (Å²) < 4.78 is 0. The van der Waals surface area contributed by atoms with Gasteiger partial charge in [-0.25, -0.2) is 0 Å². The number of hydrogen-bond donors (Lipinski definition) is 2. The van der Waals surface area contributed by atoms with Gasteiger partial charge in [-0.3, -0.25) is 4.79 Å². The predicted octanol–water partition coefficient (Wildman–Crippen LogP) is 2.74. The Bertz CT molecular complexity index is 498. The molecule has 3 N–H and O–H groups in total. The van der Waals surface area contributed by atoms with Crippen LogP contribution in [0.25, 0.3) is 0 Å². The minimum absolute atomic E-state index is 0.0241. The Morgan fingerprint density at radius 1 is 1.37 bits per heavy atom. The van der Waals surface area contributed by atoms with Gasteiger partial charge in [0.1, 0.15) is 0 Å². The normalized spacial score (nSPS) is 28.6. The highest BCUT2D eigenvalue weighted by molar-refractivity contribution is 5.99. The van der Waals surface area contributed by atoms with Gasteiger partial charge in [0.15, 0.2) is 0 Å².